The van der Waals surface area contributed by atoms with Gasteiger partial charge < -0.3 is 10.2 Å². The van der Waals surface area contributed by atoms with Crippen molar-refractivity contribution in [3.63, 3.8) is 0 Å². The number of hydrogen-bond acceptors (Lipinski definition) is 2. The van der Waals surface area contributed by atoms with Crippen molar-refractivity contribution >= 4 is 11.6 Å². The van der Waals surface area contributed by atoms with Gasteiger partial charge in [-0.15, -0.1) is 0 Å². The van der Waals surface area contributed by atoms with Crippen LogP contribution in [0.3, 0.4) is 0 Å². The van der Waals surface area contributed by atoms with Crippen LogP contribution >= 0.6 is 0 Å². The lowest BCUT2D eigenvalue weighted by molar-refractivity contribution is -0.127. The first-order chi connectivity index (χ1) is 9.82. The minimum atomic E-state index is -0.371. The summed E-state index contributed by atoms with van der Waals surface area (Å²) in [6.07, 6.45) is 1.68. The summed E-state index contributed by atoms with van der Waals surface area (Å²) in [6, 6.07) is 5.01. The van der Waals surface area contributed by atoms with Crippen molar-refractivity contribution in [1.29, 1.82) is 0 Å². The maximum Gasteiger partial charge on any atom is 0.230 e. The summed E-state index contributed by atoms with van der Waals surface area (Å²) >= 11 is 0. The van der Waals surface area contributed by atoms with Crippen LogP contribution in [0.25, 0.3) is 0 Å². The zero-order valence-corrected chi connectivity index (χ0v) is 13.4. The van der Waals surface area contributed by atoms with Gasteiger partial charge in [0, 0.05) is 17.1 Å². The van der Waals surface area contributed by atoms with Crippen molar-refractivity contribution in [3.05, 3.63) is 29.6 Å². The first kappa shape index (κ1) is 16.0. The normalized spacial score (nSPS) is 18.8. The van der Waals surface area contributed by atoms with Crippen molar-refractivity contribution in [2.24, 2.45) is 5.41 Å². The maximum atomic E-state index is 13.3. The summed E-state index contributed by atoms with van der Waals surface area (Å²) in [4.78, 5) is 15.0. The van der Waals surface area contributed by atoms with E-state index in [1.165, 1.54) is 12.1 Å². The van der Waals surface area contributed by atoms with Crippen LogP contribution in [0.4, 0.5) is 10.1 Å². The highest BCUT2D eigenvalue weighted by Gasteiger charge is 2.37. The van der Waals surface area contributed by atoms with E-state index in [0.29, 0.717) is 11.7 Å². The molecule has 1 heterocycles. The number of anilines is 1. The average Bonchev–Trinajstić information content (AvgIpc) is 2.43. The fraction of sp³-hybridized carbons (Fsp3) is 0.588. The Labute approximate surface area is 126 Å². The zero-order chi connectivity index (χ0) is 15.6. The van der Waals surface area contributed by atoms with Crippen LogP contribution in [0.2, 0.25) is 0 Å². The summed E-state index contributed by atoms with van der Waals surface area (Å²) < 4.78 is 13.3. The number of rotatable bonds is 3. The van der Waals surface area contributed by atoms with E-state index in [1.807, 2.05) is 13.8 Å². The van der Waals surface area contributed by atoms with E-state index in [2.05, 4.69) is 24.1 Å². The highest BCUT2D eigenvalue weighted by atomic mass is 19.1. The van der Waals surface area contributed by atoms with Gasteiger partial charge in [-0.05, 0) is 64.4 Å². The van der Waals surface area contributed by atoms with Crippen molar-refractivity contribution in [2.75, 3.05) is 18.4 Å². The minimum absolute atomic E-state index is 0.000365. The molecule has 1 aromatic rings. The summed E-state index contributed by atoms with van der Waals surface area (Å²) in [6.45, 7) is 10.1. The predicted octanol–water partition coefficient (Wildman–Crippen LogP) is 3.58. The third-order valence-corrected chi connectivity index (χ3v) is 4.63. The van der Waals surface area contributed by atoms with Gasteiger partial charge in [-0.25, -0.2) is 4.39 Å². The van der Waals surface area contributed by atoms with E-state index in [9.17, 15) is 9.18 Å². The molecule has 0 aromatic heterocycles. The second-order valence-corrected chi connectivity index (χ2v) is 6.60. The predicted molar refractivity (Wildman–Crippen MR) is 83.8 cm³/mol. The van der Waals surface area contributed by atoms with E-state index in [1.54, 1.807) is 6.07 Å². The number of nitrogens with zero attached hydrogens (tertiary/aromatic N) is 1. The quantitative estimate of drug-likeness (QED) is 0.923. The SMILES string of the molecule is Cc1ccc(F)cc1NC(=O)C1(C)CCN(C(C)C)CC1. The van der Waals surface area contributed by atoms with Crippen molar-refractivity contribution < 1.29 is 9.18 Å². The van der Waals surface area contributed by atoms with Crippen molar-refractivity contribution in [3.8, 4) is 0 Å². The standard InChI is InChI=1S/C17H25FN2O/c1-12(2)20-9-7-17(4,8-10-20)16(21)19-15-11-14(18)6-5-13(15)3/h5-6,11-12H,7-10H2,1-4H3,(H,19,21). The molecule has 0 bridgehead atoms. The van der Waals surface area contributed by atoms with Crippen molar-refractivity contribution in [2.45, 2.75) is 46.6 Å². The Kier molecular flexibility index (Phi) is 4.67. The Morgan fingerprint density at radius 2 is 1.95 bits per heavy atom. The lowest BCUT2D eigenvalue weighted by Crippen LogP contribution is -2.47. The van der Waals surface area contributed by atoms with Crippen LogP contribution in [-0.4, -0.2) is 29.9 Å². The number of piperidine rings is 1. The zero-order valence-electron chi connectivity index (χ0n) is 13.4. The molecule has 0 spiro atoms. The smallest absolute Gasteiger partial charge is 0.230 e. The Balaban J connectivity index is 2.05. The fourth-order valence-electron chi connectivity index (χ4n) is 2.76. The number of halogens is 1. The second kappa shape index (κ2) is 6.14. The third kappa shape index (κ3) is 3.62. The summed E-state index contributed by atoms with van der Waals surface area (Å²) in [5.74, 6) is -0.324. The van der Waals surface area contributed by atoms with Crippen LogP contribution in [0.1, 0.15) is 39.2 Å². The fourth-order valence-corrected chi connectivity index (χ4v) is 2.76. The van der Waals surface area contributed by atoms with Gasteiger partial charge in [-0.1, -0.05) is 13.0 Å². The number of carbonyl (C=O) groups is 1. The summed E-state index contributed by atoms with van der Waals surface area (Å²) in [5, 5.41) is 2.91. The van der Waals surface area contributed by atoms with Gasteiger partial charge in [0.05, 0.1) is 0 Å². The van der Waals surface area contributed by atoms with Gasteiger partial charge in [0.25, 0.3) is 0 Å². The van der Waals surface area contributed by atoms with Gasteiger partial charge in [0.2, 0.25) is 5.91 Å². The average molecular weight is 292 g/mol. The molecule has 0 saturated carbocycles. The van der Waals surface area contributed by atoms with E-state index in [0.717, 1.165) is 31.5 Å². The first-order valence-electron chi connectivity index (χ1n) is 7.63. The van der Waals surface area contributed by atoms with Crippen LogP contribution in [-0.2, 0) is 4.79 Å². The Hall–Kier alpha value is -1.42. The van der Waals surface area contributed by atoms with E-state index < -0.39 is 0 Å². The maximum absolute atomic E-state index is 13.3. The second-order valence-electron chi connectivity index (χ2n) is 6.60. The molecule has 4 heteroatoms. The van der Waals surface area contributed by atoms with E-state index in [4.69, 9.17) is 0 Å². The topological polar surface area (TPSA) is 32.3 Å². The first-order valence-corrected chi connectivity index (χ1v) is 7.63. The molecule has 1 aliphatic heterocycles. The number of benzene rings is 1. The number of carbonyl (C=O) groups excluding carboxylic acids is 1. The number of likely N-dealkylation sites (tertiary alicyclic amines) is 1. The molecule has 1 saturated heterocycles. The molecule has 0 aliphatic carbocycles. The van der Waals surface area contributed by atoms with Crippen LogP contribution in [0, 0.1) is 18.2 Å². The number of hydrogen-bond donors (Lipinski definition) is 1. The molecule has 116 valence electrons. The van der Waals surface area contributed by atoms with Crippen LogP contribution in [0.15, 0.2) is 18.2 Å². The molecule has 3 nitrogen and oxygen atoms in total. The molecule has 1 amide bonds. The summed E-state index contributed by atoms with van der Waals surface area (Å²) in [5.41, 5.74) is 1.09. The van der Waals surface area contributed by atoms with Crippen molar-refractivity contribution in [1.82, 2.24) is 4.90 Å². The molecular weight excluding hydrogens is 267 g/mol. The monoisotopic (exact) mass is 292 g/mol. The molecule has 1 fully saturated rings. The van der Waals surface area contributed by atoms with E-state index in [-0.39, 0.29) is 17.1 Å². The minimum Gasteiger partial charge on any atom is -0.325 e. The number of aryl methyl sites for hydroxylation is 1. The highest BCUT2D eigenvalue weighted by molar-refractivity contribution is 5.95. The summed E-state index contributed by atoms with van der Waals surface area (Å²) in [7, 11) is 0. The number of amides is 1. The molecule has 1 aliphatic rings. The van der Waals surface area contributed by atoms with Gasteiger partial charge in [0.1, 0.15) is 5.82 Å². The lowest BCUT2D eigenvalue weighted by Gasteiger charge is -2.40. The van der Waals surface area contributed by atoms with Crippen LogP contribution < -0.4 is 5.32 Å². The largest absolute Gasteiger partial charge is 0.325 e. The molecule has 21 heavy (non-hydrogen) atoms. The van der Waals surface area contributed by atoms with Gasteiger partial charge >= 0.3 is 0 Å². The Morgan fingerprint density at radius 3 is 2.52 bits per heavy atom. The molecule has 1 N–H and O–H groups in total. The van der Waals surface area contributed by atoms with Gasteiger partial charge in [-0.3, -0.25) is 4.79 Å². The lowest BCUT2D eigenvalue weighted by atomic mass is 9.79. The molecular formula is C17H25FN2O. The molecule has 0 radical (unpaired) electrons. The highest BCUT2D eigenvalue weighted by Crippen LogP contribution is 2.33. The Bertz CT molecular complexity index is 520. The molecule has 0 atom stereocenters. The van der Waals surface area contributed by atoms with E-state index >= 15 is 0 Å². The molecule has 1 aromatic carbocycles. The van der Waals surface area contributed by atoms with Gasteiger partial charge in [0.15, 0.2) is 0 Å². The van der Waals surface area contributed by atoms with Crippen LogP contribution in [0.5, 0.6) is 0 Å². The van der Waals surface area contributed by atoms with Gasteiger partial charge in [-0.2, -0.15) is 0 Å². The molecule has 2 rings (SSSR count). The molecule has 0 unspecified atom stereocenters. The number of nitrogens with one attached hydrogen (secondary N) is 1. The third-order valence-electron chi connectivity index (χ3n) is 4.63. The Morgan fingerprint density at radius 1 is 1.33 bits per heavy atom.